The number of nitriles is 1. The lowest BCUT2D eigenvalue weighted by Crippen LogP contribution is -2.61. The van der Waals surface area contributed by atoms with Crippen LogP contribution in [0.3, 0.4) is 0 Å². The van der Waals surface area contributed by atoms with Gasteiger partial charge in [0.05, 0.1) is 6.07 Å². The van der Waals surface area contributed by atoms with Crippen LogP contribution in [0.25, 0.3) is 0 Å². The fraction of sp³-hybridized carbons (Fsp3) is 0.571. The first-order chi connectivity index (χ1) is 5.74. The number of amides is 2. The average Bonchev–Trinajstić information content (AvgIpc) is 2.08. The van der Waals surface area contributed by atoms with Gasteiger partial charge in [-0.05, 0) is 0 Å². The molecule has 0 radical (unpaired) electrons. The fourth-order valence-corrected chi connectivity index (χ4v) is 0.840. The maximum Gasteiger partial charge on any atom is 0.244 e. The van der Waals surface area contributed by atoms with E-state index in [0.29, 0.717) is 6.54 Å². The Kier molecular flexibility index (Phi) is 2.64. The maximum atomic E-state index is 10.9. The smallest absolute Gasteiger partial charge is 0.244 e. The first-order valence-electron chi connectivity index (χ1n) is 3.68. The van der Waals surface area contributed by atoms with Crippen LogP contribution < -0.4 is 10.6 Å². The summed E-state index contributed by atoms with van der Waals surface area (Å²) in [6.07, 6.45) is 0.362. The van der Waals surface area contributed by atoms with E-state index in [-0.39, 0.29) is 30.7 Å². The third kappa shape index (κ3) is 1.95. The molecule has 0 aromatic rings. The molecule has 1 aliphatic rings. The Balaban J connectivity index is 2.18. The first-order valence-corrected chi connectivity index (χ1v) is 3.68. The predicted octanol–water partition coefficient (Wildman–Crippen LogP) is -1.10. The molecule has 1 aliphatic heterocycles. The molecule has 1 heterocycles. The summed E-state index contributed by atoms with van der Waals surface area (Å²) in [7, 11) is 0. The molecule has 5 nitrogen and oxygen atoms in total. The first kappa shape index (κ1) is 8.53. The summed E-state index contributed by atoms with van der Waals surface area (Å²) in [6, 6.07) is 1.48. The molecular formula is C7H9N3O2. The molecule has 0 saturated carbocycles. The topological polar surface area (TPSA) is 82.0 Å². The molecule has 1 rings (SSSR count). The van der Waals surface area contributed by atoms with Gasteiger partial charge in [0, 0.05) is 19.4 Å². The second-order valence-corrected chi connectivity index (χ2v) is 2.52. The van der Waals surface area contributed by atoms with Crippen LogP contribution in [0.5, 0.6) is 0 Å². The fourth-order valence-electron chi connectivity index (χ4n) is 0.840. The summed E-state index contributed by atoms with van der Waals surface area (Å²) in [5.74, 6) is -0.392. The summed E-state index contributed by atoms with van der Waals surface area (Å²) in [5, 5.41) is 13.2. The normalized spacial score (nSPS) is 20.2. The maximum absolute atomic E-state index is 10.9. The predicted molar refractivity (Wildman–Crippen MR) is 39.8 cm³/mol. The van der Waals surface area contributed by atoms with Gasteiger partial charge in [0.2, 0.25) is 11.8 Å². The molecule has 1 atom stereocenters. The van der Waals surface area contributed by atoms with Gasteiger partial charge in [-0.2, -0.15) is 5.26 Å². The van der Waals surface area contributed by atoms with E-state index in [0.717, 1.165) is 0 Å². The van der Waals surface area contributed by atoms with Gasteiger partial charge in [-0.25, -0.2) is 0 Å². The van der Waals surface area contributed by atoms with Crippen molar-refractivity contribution in [1.82, 2.24) is 10.6 Å². The Bertz CT molecular complexity index is 244. The number of carbonyl (C=O) groups is 2. The van der Waals surface area contributed by atoms with Gasteiger partial charge in [0.1, 0.15) is 6.04 Å². The van der Waals surface area contributed by atoms with Crippen molar-refractivity contribution in [2.45, 2.75) is 18.9 Å². The number of hydrogen-bond donors (Lipinski definition) is 2. The van der Waals surface area contributed by atoms with Gasteiger partial charge in [-0.3, -0.25) is 9.59 Å². The van der Waals surface area contributed by atoms with Crippen LogP contribution >= 0.6 is 0 Å². The molecule has 0 spiro atoms. The quantitative estimate of drug-likeness (QED) is 0.524. The molecule has 1 unspecified atom stereocenters. The molecule has 12 heavy (non-hydrogen) atoms. The average molecular weight is 167 g/mol. The van der Waals surface area contributed by atoms with Crippen molar-refractivity contribution in [3.05, 3.63) is 0 Å². The minimum Gasteiger partial charge on any atom is -0.352 e. The van der Waals surface area contributed by atoms with Crippen molar-refractivity contribution < 1.29 is 9.59 Å². The molecule has 1 fully saturated rings. The van der Waals surface area contributed by atoms with Crippen molar-refractivity contribution in [3.8, 4) is 6.07 Å². The molecule has 2 N–H and O–H groups in total. The van der Waals surface area contributed by atoms with E-state index < -0.39 is 0 Å². The molecule has 0 aromatic heterocycles. The number of β-lactam (4-membered cyclic amide) rings is 1. The zero-order chi connectivity index (χ0) is 8.97. The van der Waals surface area contributed by atoms with Crippen LogP contribution in [0.4, 0.5) is 0 Å². The van der Waals surface area contributed by atoms with Crippen molar-refractivity contribution >= 4 is 11.8 Å². The van der Waals surface area contributed by atoms with Crippen LogP contribution in [0, 0.1) is 11.3 Å². The van der Waals surface area contributed by atoms with Crippen molar-refractivity contribution in [2.24, 2.45) is 0 Å². The number of rotatable bonds is 3. The summed E-state index contributed by atoms with van der Waals surface area (Å²) in [4.78, 5) is 21.6. The van der Waals surface area contributed by atoms with E-state index in [9.17, 15) is 9.59 Å². The Labute approximate surface area is 69.7 Å². The van der Waals surface area contributed by atoms with E-state index in [1.807, 2.05) is 6.07 Å². The number of nitrogens with one attached hydrogen (secondary N) is 2. The van der Waals surface area contributed by atoms with Crippen molar-refractivity contribution in [3.63, 3.8) is 0 Å². The molecule has 1 saturated heterocycles. The van der Waals surface area contributed by atoms with E-state index in [4.69, 9.17) is 5.26 Å². The van der Waals surface area contributed by atoms with Crippen LogP contribution in [0.1, 0.15) is 12.8 Å². The highest BCUT2D eigenvalue weighted by molar-refractivity contribution is 5.92. The zero-order valence-corrected chi connectivity index (χ0v) is 6.46. The minimum absolute atomic E-state index is 0.152. The summed E-state index contributed by atoms with van der Waals surface area (Å²) in [5.41, 5.74) is 0. The Morgan fingerprint density at radius 2 is 2.58 bits per heavy atom. The second kappa shape index (κ2) is 3.72. The molecule has 2 amide bonds. The highest BCUT2D eigenvalue weighted by atomic mass is 16.2. The Hall–Kier alpha value is -1.57. The lowest BCUT2D eigenvalue weighted by Gasteiger charge is -2.26. The lowest BCUT2D eigenvalue weighted by atomic mass is 10.1. The molecule has 0 aliphatic carbocycles. The summed E-state index contributed by atoms with van der Waals surface area (Å²) < 4.78 is 0. The number of nitrogens with zero attached hydrogens (tertiary/aromatic N) is 1. The van der Waals surface area contributed by atoms with Crippen LogP contribution in [-0.4, -0.2) is 24.4 Å². The molecule has 5 heteroatoms. The van der Waals surface area contributed by atoms with Crippen LogP contribution in [0.15, 0.2) is 0 Å². The molecule has 64 valence electrons. The van der Waals surface area contributed by atoms with E-state index >= 15 is 0 Å². The van der Waals surface area contributed by atoms with Gasteiger partial charge in [-0.1, -0.05) is 0 Å². The standard InChI is InChI=1S/C7H9N3O2/c8-3-1-2-6(11)10-5-4-9-7(5)12/h5H,1-2,4H2,(H,9,12)(H,10,11). The lowest BCUT2D eigenvalue weighted by molar-refractivity contribution is -0.133. The summed E-state index contributed by atoms with van der Waals surface area (Å²) in [6.45, 7) is 0.497. The van der Waals surface area contributed by atoms with Gasteiger partial charge in [-0.15, -0.1) is 0 Å². The summed E-state index contributed by atoms with van der Waals surface area (Å²) >= 11 is 0. The number of carbonyl (C=O) groups excluding carboxylic acids is 2. The van der Waals surface area contributed by atoms with Crippen molar-refractivity contribution in [2.75, 3.05) is 6.54 Å². The van der Waals surface area contributed by atoms with Crippen LogP contribution in [0.2, 0.25) is 0 Å². The van der Waals surface area contributed by atoms with E-state index in [1.165, 1.54) is 0 Å². The second-order valence-electron chi connectivity index (χ2n) is 2.52. The highest BCUT2D eigenvalue weighted by Crippen LogP contribution is 1.95. The Morgan fingerprint density at radius 1 is 1.83 bits per heavy atom. The van der Waals surface area contributed by atoms with Gasteiger partial charge >= 0.3 is 0 Å². The van der Waals surface area contributed by atoms with E-state index in [2.05, 4.69) is 10.6 Å². The molecule has 0 bridgehead atoms. The molecule has 0 aromatic carbocycles. The monoisotopic (exact) mass is 167 g/mol. The SMILES string of the molecule is N#CCCC(=O)NC1CNC1=O. The zero-order valence-electron chi connectivity index (χ0n) is 6.46. The highest BCUT2D eigenvalue weighted by Gasteiger charge is 2.28. The third-order valence-electron chi connectivity index (χ3n) is 1.60. The van der Waals surface area contributed by atoms with Crippen LogP contribution in [-0.2, 0) is 9.59 Å². The largest absolute Gasteiger partial charge is 0.352 e. The third-order valence-corrected chi connectivity index (χ3v) is 1.60. The van der Waals surface area contributed by atoms with E-state index in [1.54, 1.807) is 0 Å². The van der Waals surface area contributed by atoms with Gasteiger partial charge < -0.3 is 10.6 Å². The Morgan fingerprint density at radius 3 is 3.00 bits per heavy atom. The number of hydrogen-bond acceptors (Lipinski definition) is 3. The van der Waals surface area contributed by atoms with Gasteiger partial charge in [0.15, 0.2) is 0 Å². The molecular weight excluding hydrogens is 158 g/mol. The minimum atomic E-state index is -0.379. The van der Waals surface area contributed by atoms with Crippen molar-refractivity contribution in [1.29, 1.82) is 5.26 Å². The van der Waals surface area contributed by atoms with Gasteiger partial charge in [0.25, 0.3) is 0 Å².